The zero-order valence-electron chi connectivity index (χ0n) is 12.9. The van der Waals surface area contributed by atoms with Crippen molar-refractivity contribution in [3.63, 3.8) is 0 Å². The maximum atomic E-state index is 12.3. The Labute approximate surface area is 134 Å². The molecule has 1 unspecified atom stereocenters. The van der Waals surface area contributed by atoms with E-state index in [4.69, 9.17) is 4.74 Å². The van der Waals surface area contributed by atoms with E-state index in [2.05, 4.69) is 10.6 Å². The summed E-state index contributed by atoms with van der Waals surface area (Å²) in [6, 6.07) is 7.33. The standard InChI is InChI=1S/C16H19N3O4/c1-10-16(22)19(12-4-2-3-5-13(12)23-10)9-15(21)17-8-14(20)18-11-6-7-11/h2-5,10-11H,6-9H2,1H3,(H,17,21)(H,18,20). The fourth-order valence-electron chi connectivity index (χ4n) is 2.41. The first-order valence-corrected chi connectivity index (χ1v) is 7.67. The Hall–Kier alpha value is -2.57. The van der Waals surface area contributed by atoms with Gasteiger partial charge in [0.15, 0.2) is 6.10 Å². The topological polar surface area (TPSA) is 87.7 Å². The molecule has 23 heavy (non-hydrogen) atoms. The average molecular weight is 317 g/mol. The van der Waals surface area contributed by atoms with Crippen molar-refractivity contribution in [2.24, 2.45) is 0 Å². The molecule has 0 spiro atoms. The van der Waals surface area contributed by atoms with Gasteiger partial charge in [0, 0.05) is 6.04 Å². The lowest BCUT2D eigenvalue weighted by Crippen LogP contribution is -2.49. The van der Waals surface area contributed by atoms with Gasteiger partial charge < -0.3 is 15.4 Å². The highest BCUT2D eigenvalue weighted by Gasteiger charge is 2.32. The first-order valence-electron chi connectivity index (χ1n) is 7.67. The van der Waals surface area contributed by atoms with Crippen molar-refractivity contribution in [3.05, 3.63) is 24.3 Å². The van der Waals surface area contributed by atoms with Crippen LogP contribution in [0.3, 0.4) is 0 Å². The number of amides is 3. The summed E-state index contributed by atoms with van der Waals surface area (Å²) in [5.74, 6) is -0.295. The van der Waals surface area contributed by atoms with Gasteiger partial charge in [-0.1, -0.05) is 12.1 Å². The van der Waals surface area contributed by atoms with Crippen molar-refractivity contribution in [1.82, 2.24) is 10.6 Å². The van der Waals surface area contributed by atoms with E-state index in [0.717, 1.165) is 12.8 Å². The molecule has 1 aliphatic heterocycles. The van der Waals surface area contributed by atoms with Gasteiger partial charge in [0.1, 0.15) is 12.3 Å². The normalized spacial score (nSPS) is 19.6. The molecule has 7 heteroatoms. The number of carbonyl (C=O) groups excluding carboxylic acids is 3. The number of hydrogen-bond acceptors (Lipinski definition) is 4. The number of para-hydroxylation sites is 2. The number of rotatable bonds is 5. The molecular formula is C16H19N3O4. The highest BCUT2D eigenvalue weighted by molar-refractivity contribution is 6.03. The molecule has 1 aromatic rings. The highest BCUT2D eigenvalue weighted by Crippen LogP contribution is 2.33. The summed E-state index contributed by atoms with van der Waals surface area (Å²) in [6.07, 6.45) is 1.35. The largest absolute Gasteiger partial charge is 0.479 e. The van der Waals surface area contributed by atoms with Crippen molar-refractivity contribution >= 4 is 23.4 Å². The molecule has 1 saturated carbocycles. The van der Waals surface area contributed by atoms with E-state index in [-0.39, 0.29) is 36.9 Å². The van der Waals surface area contributed by atoms with Crippen LogP contribution in [0, 0.1) is 0 Å². The van der Waals surface area contributed by atoms with Crippen LogP contribution in [0.4, 0.5) is 5.69 Å². The lowest BCUT2D eigenvalue weighted by atomic mass is 10.2. The van der Waals surface area contributed by atoms with Gasteiger partial charge in [-0.15, -0.1) is 0 Å². The van der Waals surface area contributed by atoms with Crippen LogP contribution in [0.5, 0.6) is 5.75 Å². The molecule has 7 nitrogen and oxygen atoms in total. The number of nitrogens with zero attached hydrogens (tertiary/aromatic N) is 1. The second-order valence-electron chi connectivity index (χ2n) is 5.77. The van der Waals surface area contributed by atoms with Crippen LogP contribution in [-0.4, -0.2) is 43.0 Å². The number of ether oxygens (including phenoxy) is 1. The van der Waals surface area contributed by atoms with E-state index in [9.17, 15) is 14.4 Å². The van der Waals surface area contributed by atoms with Crippen molar-refractivity contribution in [2.45, 2.75) is 31.9 Å². The molecule has 1 atom stereocenters. The smallest absolute Gasteiger partial charge is 0.268 e. The minimum absolute atomic E-state index is 0.0783. The highest BCUT2D eigenvalue weighted by atomic mass is 16.5. The Morgan fingerprint density at radius 1 is 1.26 bits per heavy atom. The molecule has 0 radical (unpaired) electrons. The van der Waals surface area contributed by atoms with E-state index in [1.165, 1.54) is 4.90 Å². The molecule has 3 amide bonds. The Morgan fingerprint density at radius 3 is 2.74 bits per heavy atom. The third kappa shape index (κ3) is 3.61. The van der Waals surface area contributed by atoms with Crippen LogP contribution in [-0.2, 0) is 14.4 Å². The third-order valence-corrected chi connectivity index (χ3v) is 3.76. The number of anilines is 1. The maximum Gasteiger partial charge on any atom is 0.268 e. The van der Waals surface area contributed by atoms with Gasteiger partial charge in [-0.2, -0.15) is 0 Å². The Kier molecular flexibility index (Phi) is 4.18. The number of fused-ring (bicyclic) bond motifs is 1. The summed E-state index contributed by atoms with van der Waals surface area (Å²) in [5.41, 5.74) is 0.563. The van der Waals surface area contributed by atoms with Gasteiger partial charge in [0.05, 0.1) is 12.2 Å². The second kappa shape index (κ2) is 6.28. The number of hydrogen-bond donors (Lipinski definition) is 2. The fraction of sp³-hybridized carbons (Fsp3) is 0.438. The molecule has 1 heterocycles. The predicted octanol–water partition coefficient (Wildman–Crippen LogP) is 0.195. The lowest BCUT2D eigenvalue weighted by Gasteiger charge is -2.32. The fourth-order valence-corrected chi connectivity index (χ4v) is 2.41. The summed E-state index contributed by atoms with van der Waals surface area (Å²) < 4.78 is 5.52. The Morgan fingerprint density at radius 2 is 2.00 bits per heavy atom. The van der Waals surface area contributed by atoms with Gasteiger partial charge in [0.2, 0.25) is 11.8 Å². The first-order chi connectivity index (χ1) is 11.0. The van der Waals surface area contributed by atoms with E-state index in [1.54, 1.807) is 25.1 Å². The van der Waals surface area contributed by atoms with E-state index >= 15 is 0 Å². The number of carbonyl (C=O) groups is 3. The van der Waals surface area contributed by atoms with E-state index in [1.807, 2.05) is 6.07 Å². The zero-order chi connectivity index (χ0) is 16.4. The maximum absolute atomic E-state index is 12.3. The third-order valence-electron chi connectivity index (χ3n) is 3.76. The van der Waals surface area contributed by atoms with Crippen LogP contribution in [0.1, 0.15) is 19.8 Å². The van der Waals surface area contributed by atoms with Crippen molar-refractivity contribution in [1.29, 1.82) is 0 Å². The zero-order valence-corrected chi connectivity index (χ0v) is 12.9. The van der Waals surface area contributed by atoms with Crippen LogP contribution < -0.4 is 20.3 Å². The molecule has 3 rings (SSSR count). The Bertz CT molecular complexity index is 642. The first kappa shape index (κ1) is 15.3. The van der Waals surface area contributed by atoms with Crippen LogP contribution in [0.25, 0.3) is 0 Å². The van der Waals surface area contributed by atoms with E-state index < -0.39 is 6.10 Å². The van der Waals surface area contributed by atoms with Crippen LogP contribution in [0.2, 0.25) is 0 Å². The quantitative estimate of drug-likeness (QED) is 0.812. The minimum atomic E-state index is -0.643. The van der Waals surface area contributed by atoms with Gasteiger partial charge in [-0.05, 0) is 31.9 Å². The minimum Gasteiger partial charge on any atom is -0.479 e. The molecule has 2 N–H and O–H groups in total. The molecular weight excluding hydrogens is 298 g/mol. The van der Waals surface area contributed by atoms with Gasteiger partial charge >= 0.3 is 0 Å². The number of benzene rings is 1. The molecule has 0 bridgehead atoms. The molecule has 2 aliphatic rings. The van der Waals surface area contributed by atoms with Gasteiger partial charge in [-0.25, -0.2) is 0 Å². The Balaban J connectivity index is 1.60. The summed E-state index contributed by atoms with van der Waals surface area (Å²) in [5, 5.41) is 5.33. The van der Waals surface area contributed by atoms with Crippen molar-refractivity contribution in [2.75, 3.05) is 18.0 Å². The molecule has 0 aromatic heterocycles. The van der Waals surface area contributed by atoms with Crippen molar-refractivity contribution in [3.8, 4) is 5.75 Å². The summed E-state index contributed by atoms with van der Waals surface area (Å²) in [4.78, 5) is 37.3. The molecule has 1 aliphatic carbocycles. The molecule has 122 valence electrons. The molecule has 1 aromatic carbocycles. The molecule has 0 saturated heterocycles. The van der Waals surface area contributed by atoms with Crippen LogP contribution >= 0.6 is 0 Å². The molecule has 1 fully saturated rings. The van der Waals surface area contributed by atoms with Gasteiger partial charge in [0.25, 0.3) is 5.91 Å². The van der Waals surface area contributed by atoms with Gasteiger partial charge in [-0.3, -0.25) is 19.3 Å². The average Bonchev–Trinajstić information content (AvgIpc) is 3.33. The summed E-state index contributed by atoms with van der Waals surface area (Å²) in [6.45, 7) is 1.43. The summed E-state index contributed by atoms with van der Waals surface area (Å²) >= 11 is 0. The summed E-state index contributed by atoms with van der Waals surface area (Å²) in [7, 11) is 0. The lowest BCUT2D eigenvalue weighted by molar-refractivity contribution is -0.129. The van der Waals surface area contributed by atoms with Crippen LogP contribution in [0.15, 0.2) is 24.3 Å². The SMILES string of the molecule is CC1Oc2ccccc2N(CC(=O)NCC(=O)NC2CC2)C1=O. The van der Waals surface area contributed by atoms with E-state index in [0.29, 0.717) is 11.4 Å². The number of nitrogens with one attached hydrogen (secondary N) is 2. The monoisotopic (exact) mass is 317 g/mol. The van der Waals surface area contributed by atoms with Crippen molar-refractivity contribution < 1.29 is 19.1 Å². The second-order valence-corrected chi connectivity index (χ2v) is 5.77. The predicted molar refractivity (Wildman–Crippen MR) is 83.1 cm³/mol.